The van der Waals surface area contributed by atoms with Crippen LogP contribution in [0.5, 0.6) is 5.75 Å². The number of aliphatic hydroxyl groups is 1. The minimum atomic E-state index is -4.98. The van der Waals surface area contributed by atoms with Gasteiger partial charge in [0.1, 0.15) is 34.6 Å². The lowest BCUT2D eigenvalue weighted by Crippen LogP contribution is -2.17. The number of halogens is 5. The van der Waals surface area contributed by atoms with Crippen LogP contribution in [0.15, 0.2) is 39.8 Å². The molecule has 3 aromatic rings. The predicted molar refractivity (Wildman–Crippen MR) is 96.0 cm³/mol. The molecule has 3 N–H and O–H groups in total. The monoisotopic (exact) mass is 464 g/mol. The number of rotatable bonds is 5. The molecule has 166 valence electrons. The molecule has 1 heterocycles. The lowest BCUT2D eigenvalue weighted by molar-refractivity contribution is -0.274. The van der Waals surface area contributed by atoms with Gasteiger partial charge in [0.15, 0.2) is 5.76 Å². The van der Waals surface area contributed by atoms with E-state index in [2.05, 4.69) is 9.89 Å². The number of aromatic nitrogens is 1. The Hall–Kier alpha value is -3.03. The highest BCUT2D eigenvalue weighted by atomic mass is 32.2. The van der Waals surface area contributed by atoms with Gasteiger partial charge in [0.2, 0.25) is 10.0 Å². The van der Waals surface area contributed by atoms with E-state index in [9.17, 15) is 35.5 Å². The fourth-order valence-corrected chi connectivity index (χ4v) is 3.43. The first-order valence-corrected chi connectivity index (χ1v) is 9.85. The molecule has 3 rings (SSSR count). The number of ether oxygens (including phenoxy) is 1. The third kappa shape index (κ3) is 4.68. The second-order valence-corrected chi connectivity index (χ2v) is 7.85. The second kappa shape index (κ2) is 7.90. The number of hydrogen-bond donors (Lipinski definition) is 2. The molecule has 0 unspecified atom stereocenters. The van der Waals surface area contributed by atoms with Crippen LogP contribution in [-0.2, 0) is 16.6 Å². The van der Waals surface area contributed by atoms with Crippen LogP contribution in [-0.4, -0.2) is 25.0 Å². The van der Waals surface area contributed by atoms with Crippen LogP contribution in [0.4, 0.5) is 22.0 Å². The second-order valence-electron chi connectivity index (χ2n) is 6.32. The summed E-state index contributed by atoms with van der Waals surface area (Å²) in [4.78, 5) is -1.10. The highest BCUT2D eigenvalue weighted by Gasteiger charge is 2.32. The minimum absolute atomic E-state index is 0.0290. The normalized spacial score (nSPS) is 12.3. The van der Waals surface area contributed by atoms with Crippen molar-refractivity contribution in [3.8, 4) is 28.1 Å². The van der Waals surface area contributed by atoms with Gasteiger partial charge in [0.05, 0.1) is 5.56 Å². The molecule has 0 aliphatic heterocycles. The molecule has 0 radical (unpaired) electrons. The highest BCUT2D eigenvalue weighted by Crippen LogP contribution is 2.39. The number of sulfonamides is 1. The highest BCUT2D eigenvalue weighted by molar-refractivity contribution is 7.89. The summed E-state index contributed by atoms with van der Waals surface area (Å²) in [6.07, 6.45) is -4.98. The van der Waals surface area contributed by atoms with Gasteiger partial charge in [-0.05, 0) is 30.7 Å². The zero-order chi connectivity index (χ0) is 23.1. The Morgan fingerprint density at radius 1 is 1.16 bits per heavy atom. The summed E-state index contributed by atoms with van der Waals surface area (Å²) < 4.78 is 98.6. The smallest absolute Gasteiger partial charge is 0.405 e. The molecule has 0 atom stereocenters. The molecule has 0 aliphatic carbocycles. The van der Waals surface area contributed by atoms with Gasteiger partial charge >= 0.3 is 6.36 Å². The van der Waals surface area contributed by atoms with E-state index in [-0.39, 0.29) is 28.1 Å². The molecule has 0 amide bonds. The van der Waals surface area contributed by atoms with Crippen molar-refractivity contribution >= 4 is 10.0 Å². The summed E-state index contributed by atoms with van der Waals surface area (Å²) in [5.41, 5.74) is -0.981. The van der Waals surface area contributed by atoms with E-state index in [4.69, 9.17) is 9.66 Å². The van der Waals surface area contributed by atoms with Crippen LogP contribution in [0.2, 0.25) is 0 Å². The Balaban J connectivity index is 2.22. The molecule has 0 spiro atoms. The van der Waals surface area contributed by atoms with Gasteiger partial charge in [-0.15, -0.1) is 13.2 Å². The summed E-state index contributed by atoms with van der Waals surface area (Å²) in [5, 5.41) is 18.0. The van der Waals surface area contributed by atoms with Gasteiger partial charge in [-0.2, -0.15) is 0 Å². The Morgan fingerprint density at radius 2 is 1.84 bits per heavy atom. The molecule has 2 aromatic carbocycles. The number of primary sulfonamides is 1. The summed E-state index contributed by atoms with van der Waals surface area (Å²) in [7, 11) is -4.57. The largest absolute Gasteiger partial charge is 0.573 e. The number of aliphatic hydroxyl groups excluding tert-OH is 1. The van der Waals surface area contributed by atoms with E-state index in [1.807, 2.05) is 0 Å². The summed E-state index contributed by atoms with van der Waals surface area (Å²) in [6, 6.07) is 4.40. The maximum absolute atomic E-state index is 14.7. The van der Waals surface area contributed by atoms with Crippen LogP contribution >= 0.6 is 0 Å². The zero-order valence-corrected chi connectivity index (χ0v) is 16.3. The third-order valence-corrected chi connectivity index (χ3v) is 5.12. The first-order valence-electron chi connectivity index (χ1n) is 8.30. The van der Waals surface area contributed by atoms with Crippen LogP contribution < -0.4 is 9.88 Å². The van der Waals surface area contributed by atoms with E-state index >= 15 is 0 Å². The van der Waals surface area contributed by atoms with E-state index in [1.165, 1.54) is 19.1 Å². The number of nitrogens with two attached hydrogens (primary N) is 1. The van der Waals surface area contributed by atoms with E-state index in [0.717, 1.165) is 6.07 Å². The lowest BCUT2D eigenvalue weighted by atomic mass is 9.97. The molecule has 0 bridgehead atoms. The molecule has 1 aromatic heterocycles. The first-order chi connectivity index (χ1) is 14.3. The number of nitrogens with zero attached hydrogens (tertiary/aromatic N) is 1. The van der Waals surface area contributed by atoms with Crippen molar-refractivity contribution in [2.24, 2.45) is 5.14 Å². The first kappa shape index (κ1) is 22.7. The Kier molecular flexibility index (Phi) is 5.78. The van der Waals surface area contributed by atoms with Crippen molar-refractivity contribution in [1.29, 1.82) is 0 Å². The van der Waals surface area contributed by atoms with Gasteiger partial charge < -0.3 is 14.4 Å². The maximum atomic E-state index is 14.7. The summed E-state index contributed by atoms with van der Waals surface area (Å²) in [5.74, 6) is -3.54. The maximum Gasteiger partial charge on any atom is 0.573 e. The molecule has 7 nitrogen and oxygen atoms in total. The van der Waals surface area contributed by atoms with Gasteiger partial charge in [-0.3, -0.25) is 0 Å². The Morgan fingerprint density at radius 3 is 2.42 bits per heavy atom. The van der Waals surface area contributed by atoms with Crippen LogP contribution in [0.3, 0.4) is 0 Å². The summed E-state index contributed by atoms with van der Waals surface area (Å²) >= 11 is 0. The quantitative estimate of drug-likeness (QED) is 0.557. The number of benzene rings is 2. The van der Waals surface area contributed by atoms with Gasteiger partial charge in [0, 0.05) is 11.1 Å². The Bertz CT molecular complexity index is 1250. The van der Waals surface area contributed by atoms with Crippen LogP contribution in [0, 0.1) is 18.6 Å². The fourth-order valence-electron chi connectivity index (χ4n) is 2.83. The lowest BCUT2D eigenvalue weighted by Gasteiger charge is -2.13. The average molecular weight is 464 g/mol. The van der Waals surface area contributed by atoms with Crippen molar-refractivity contribution in [3.05, 3.63) is 53.3 Å². The van der Waals surface area contributed by atoms with Crippen molar-refractivity contribution in [2.75, 3.05) is 0 Å². The molecular formula is C18H13F5N2O5S. The molecule has 13 heteroatoms. The van der Waals surface area contributed by atoms with E-state index in [1.54, 1.807) is 0 Å². The van der Waals surface area contributed by atoms with E-state index in [0.29, 0.717) is 12.1 Å². The van der Waals surface area contributed by atoms with Gasteiger partial charge in [-0.1, -0.05) is 17.3 Å². The molecule has 0 saturated carbocycles. The number of alkyl halides is 3. The van der Waals surface area contributed by atoms with Crippen LogP contribution in [0.25, 0.3) is 22.4 Å². The standard InChI is InChI=1S/C18H13F5N2O5S/c1-8-2-3-9(4-13(8)29-18(21,22)23)17-16(14(7-26)30-25-17)10-5-12(20)15(6-11(10)19)31(24,27)28/h2-6,26H,7H2,1H3,(H2,24,27,28). The number of hydrogen-bond acceptors (Lipinski definition) is 6. The van der Waals surface area contributed by atoms with Crippen LogP contribution in [0.1, 0.15) is 11.3 Å². The molecule has 0 aliphatic rings. The van der Waals surface area contributed by atoms with Gasteiger partial charge in [0.25, 0.3) is 0 Å². The van der Waals surface area contributed by atoms with Gasteiger partial charge in [-0.25, -0.2) is 22.3 Å². The zero-order valence-electron chi connectivity index (χ0n) is 15.5. The molecule has 0 fully saturated rings. The molecular weight excluding hydrogens is 451 g/mol. The van der Waals surface area contributed by atoms with Crippen molar-refractivity contribution in [2.45, 2.75) is 24.8 Å². The molecule has 31 heavy (non-hydrogen) atoms. The van der Waals surface area contributed by atoms with Crippen molar-refractivity contribution in [3.63, 3.8) is 0 Å². The summed E-state index contributed by atoms with van der Waals surface area (Å²) in [6.45, 7) is 0.535. The minimum Gasteiger partial charge on any atom is -0.405 e. The Labute approximate surface area is 171 Å². The number of aryl methyl sites for hydroxylation is 1. The molecule has 0 saturated heterocycles. The predicted octanol–water partition coefficient (Wildman–Crippen LogP) is 3.63. The SMILES string of the molecule is Cc1ccc(-c2noc(CO)c2-c2cc(F)c(S(N)(=O)=O)cc2F)cc1OC(F)(F)F. The third-order valence-electron chi connectivity index (χ3n) is 4.19. The van der Waals surface area contributed by atoms with E-state index < -0.39 is 50.8 Å². The average Bonchev–Trinajstić information content (AvgIpc) is 3.07. The fraction of sp³-hybridized carbons (Fsp3) is 0.167. The topological polar surface area (TPSA) is 116 Å². The van der Waals surface area contributed by atoms with Crippen molar-refractivity contribution in [1.82, 2.24) is 5.16 Å². The van der Waals surface area contributed by atoms with Crippen molar-refractivity contribution < 1.29 is 44.7 Å².